The second-order valence-corrected chi connectivity index (χ2v) is 7.42. The lowest BCUT2D eigenvalue weighted by atomic mass is 9.94. The van der Waals surface area contributed by atoms with Crippen molar-refractivity contribution in [3.8, 4) is 0 Å². The fraction of sp³-hybridized carbons (Fsp3) is 0.684. The Labute approximate surface area is 144 Å². The maximum atomic E-state index is 12.5. The van der Waals surface area contributed by atoms with Crippen LogP contribution in [0.5, 0.6) is 0 Å². The molecule has 1 aromatic heterocycles. The Balaban J connectivity index is 1.63. The van der Waals surface area contributed by atoms with Crippen molar-refractivity contribution in [1.29, 1.82) is 0 Å². The maximum Gasteiger partial charge on any atom is 0.263 e. The van der Waals surface area contributed by atoms with Crippen molar-refractivity contribution < 1.29 is 4.79 Å². The monoisotopic (exact) mass is 331 g/mol. The molecule has 132 valence electrons. The van der Waals surface area contributed by atoms with Gasteiger partial charge in [0.1, 0.15) is 5.56 Å². The zero-order valence-electron chi connectivity index (χ0n) is 14.9. The first-order valence-corrected chi connectivity index (χ1v) is 9.25. The van der Waals surface area contributed by atoms with E-state index in [2.05, 4.69) is 17.3 Å². The average Bonchev–Trinajstić information content (AvgIpc) is 2.58. The van der Waals surface area contributed by atoms with E-state index in [1.54, 1.807) is 11.6 Å². The smallest absolute Gasteiger partial charge is 0.263 e. The summed E-state index contributed by atoms with van der Waals surface area (Å²) in [5.41, 5.74) is 2.42. The topological polar surface area (TPSA) is 54.3 Å². The lowest BCUT2D eigenvalue weighted by Gasteiger charge is -2.29. The van der Waals surface area contributed by atoms with Crippen LogP contribution < -0.4 is 10.9 Å². The zero-order chi connectivity index (χ0) is 17.1. The summed E-state index contributed by atoms with van der Waals surface area (Å²) in [6.07, 6.45) is 7.64. The molecule has 1 saturated heterocycles. The fourth-order valence-electron chi connectivity index (χ4n) is 4.15. The summed E-state index contributed by atoms with van der Waals surface area (Å²) in [5, 5.41) is 2.97. The summed E-state index contributed by atoms with van der Waals surface area (Å²) in [6.45, 7) is 2.93. The molecule has 0 unspecified atom stereocenters. The van der Waals surface area contributed by atoms with E-state index in [0.29, 0.717) is 18.0 Å². The second-order valence-electron chi connectivity index (χ2n) is 7.42. The van der Waals surface area contributed by atoms with Gasteiger partial charge in [0.15, 0.2) is 0 Å². The molecule has 0 radical (unpaired) electrons. The number of nitrogens with one attached hydrogen (secondary N) is 1. The van der Waals surface area contributed by atoms with Gasteiger partial charge < -0.3 is 14.8 Å². The van der Waals surface area contributed by atoms with Gasteiger partial charge >= 0.3 is 0 Å². The van der Waals surface area contributed by atoms with E-state index in [4.69, 9.17) is 0 Å². The van der Waals surface area contributed by atoms with Crippen LogP contribution in [0.3, 0.4) is 0 Å². The highest BCUT2D eigenvalue weighted by Crippen LogP contribution is 2.20. The number of piperidine rings is 1. The number of carbonyl (C=O) groups excluding carboxylic acids is 1. The van der Waals surface area contributed by atoms with Crippen molar-refractivity contribution in [3.63, 3.8) is 0 Å². The molecule has 5 nitrogen and oxygen atoms in total. The van der Waals surface area contributed by atoms with Crippen LogP contribution in [0.1, 0.15) is 53.7 Å². The predicted molar refractivity (Wildman–Crippen MR) is 95.5 cm³/mol. The molecule has 1 aromatic rings. The molecule has 1 N–H and O–H groups in total. The quantitative estimate of drug-likeness (QED) is 0.914. The fourth-order valence-corrected chi connectivity index (χ4v) is 4.15. The van der Waals surface area contributed by atoms with Gasteiger partial charge in [0.2, 0.25) is 0 Å². The molecule has 2 heterocycles. The summed E-state index contributed by atoms with van der Waals surface area (Å²) in [4.78, 5) is 27.3. The molecule has 1 fully saturated rings. The molecule has 1 aliphatic heterocycles. The number of carbonyl (C=O) groups is 1. The standard InChI is InChI=1S/C19H29N3O2/c1-21-11-5-6-14(13-21)9-10-20-18(23)16-12-15-7-3-4-8-17(15)22(2)19(16)24/h12,14H,3-11,13H2,1-2H3,(H,20,23)/t14-/m1/s1. The number of hydrogen-bond donors (Lipinski definition) is 1. The van der Waals surface area contributed by atoms with Crippen molar-refractivity contribution in [2.45, 2.75) is 44.9 Å². The Morgan fingerprint density at radius 3 is 2.83 bits per heavy atom. The largest absolute Gasteiger partial charge is 0.352 e. The minimum absolute atomic E-state index is 0.162. The second kappa shape index (κ2) is 7.51. The van der Waals surface area contributed by atoms with Gasteiger partial charge in [0.25, 0.3) is 11.5 Å². The van der Waals surface area contributed by atoms with Crippen LogP contribution in [0, 0.1) is 5.92 Å². The minimum Gasteiger partial charge on any atom is -0.352 e. The zero-order valence-corrected chi connectivity index (χ0v) is 14.9. The van der Waals surface area contributed by atoms with Crippen LogP contribution in [-0.4, -0.2) is 42.1 Å². The number of hydrogen-bond acceptors (Lipinski definition) is 3. The van der Waals surface area contributed by atoms with Gasteiger partial charge in [-0.1, -0.05) is 0 Å². The summed E-state index contributed by atoms with van der Waals surface area (Å²) >= 11 is 0. The first-order valence-electron chi connectivity index (χ1n) is 9.25. The van der Waals surface area contributed by atoms with E-state index >= 15 is 0 Å². The first-order chi connectivity index (χ1) is 11.6. The normalized spacial score (nSPS) is 21.3. The summed E-state index contributed by atoms with van der Waals surface area (Å²) < 4.78 is 1.68. The minimum atomic E-state index is -0.215. The van der Waals surface area contributed by atoms with Crippen LogP contribution in [0.4, 0.5) is 0 Å². The van der Waals surface area contributed by atoms with Gasteiger partial charge in [-0.25, -0.2) is 0 Å². The summed E-state index contributed by atoms with van der Waals surface area (Å²) in [5.74, 6) is 0.434. The number of nitrogens with zero attached hydrogens (tertiary/aromatic N) is 2. The Morgan fingerprint density at radius 1 is 1.25 bits per heavy atom. The number of likely N-dealkylation sites (tertiary alicyclic amines) is 1. The molecule has 1 atom stereocenters. The Kier molecular flexibility index (Phi) is 5.39. The lowest BCUT2D eigenvalue weighted by molar-refractivity contribution is 0.0946. The number of aryl methyl sites for hydroxylation is 1. The van der Waals surface area contributed by atoms with Gasteiger partial charge in [-0.15, -0.1) is 0 Å². The third-order valence-corrected chi connectivity index (χ3v) is 5.54. The van der Waals surface area contributed by atoms with E-state index in [9.17, 15) is 9.59 Å². The van der Waals surface area contributed by atoms with Gasteiger partial charge in [-0.05, 0) is 76.1 Å². The van der Waals surface area contributed by atoms with Crippen molar-refractivity contribution in [2.75, 3.05) is 26.7 Å². The van der Waals surface area contributed by atoms with Crippen molar-refractivity contribution in [2.24, 2.45) is 13.0 Å². The van der Waals surface area contributed by atoms with Crippen LogP contribution in [0.25, 0.3) is 0 Å². The number of fused-ring (bicyclic) bond motifs is 1. The van der Waals surface area contributed by atoms with Crippen molar-refractivity contribution in [3.05, 3.63) is 33.2 Å². The van der Waals surface area contributed by atoms with Crippen LogP contribution in [0.2, 0.25) is 0 Å². The molecule has 0 bridgehead atoms. The highest BCUT2D eigenvalue weighted by Gasteiger charge is 2.20. The Morgan fingerprint density at radius 2 is 2.04 bits per heavy atom. The van der Waals surface area contributed by atoms with E-state index < -0.39 is 0 Å². The van der Waals surface area contributed by atoms with E-state index in [1.807, 2.05) is 6.07 Å². The van der Waals surface area contributed by atoms with Gasteiger partial charge in [-0.2, -0.15) is 0 Å². The van der Waals surface area contributed by atoms with Gasteiger partial charge in [-0.3, -0.25) is 9.59 Å². The molecule has 3 rings (SSSR count). The van der Waals surface area contributed by atoms with E-state index in [1.165, 1.54) is 24.9 Å². The summed E-state index contributed by atoms with van der Waals surface area (Å²) in [7, 11) is 3.95. The molecule has 1 aliphatic carbocycles. The molecular formula is C19H29N3O2. The maximum absolute atomic E-state index is 12.5. The lowest BCUT2D eigenvalue weighted by Crippen LogP contribution is -2.37. The molecular weight excluding hydrogens is 302 g/mol. The Hall–Kier alpha value is -1.62. The van der Waals surface area contributed by atoms with Gasteiger partial charge in [0, 0.05) is 25.8 Å². The molecule has 0 aromatic carbocycles. The molecule has 0 saturated carbocycles. The van der Waals surface area contributed by atoms with Gasteiger partial charge in [0.05, 0.1) is 0 Å². The number of amides is 1. The number of aromatic nitrogens is 1. The third-order valence-electron chi connectivity index (χ3n) is 5.54. The molecule has 2 aliphatic rings. The number of rotatable bonds is 4. The van der Waals surface area contributed by atoms with Crippen LogP contribution >= 0.6 is 0 Å². The van der Waals surface area contributed by atoms with Crippen LogP contribution in [0.15, 0.2) is 10.9 Å². The highest BCUT2D eigenvalue weighted by molar-refractivity contribution is 5.94. The molecule has 24 heavy (non-hydrogen) atoms. The average molecular weight is 331 g/mol. The van der Waals surface area contributed by atoms with E-state index in [0.717, 1.165) is 44.3 Å². The summed E-state index contributed by atoms with van der Waals surface area (Å²) in [6, 6.07) is 1.83. The molecule has 5 heteroatoms. The predicted octanol–water partition coefficient (Wildman–Crippen LogP) is 1.73. The third kappa shape index (κ3) is 3.72. The molecule has 1 amide bonds. The Bertz CT molecular complexity index is 665. The first kappa shape index (κ1) is 17.2. The van der Waals surface area contributed by atoms with Crippen LogP contribution in [-0.2, 0) is 19.9 Å². The highest BCUT2D eigenvalue weighted by atomic mass is 16.2. The molecule has 0 spiro atoms. The van der Waals surface area contributed by atoms with Crippen molar-refractivity contribution in [1.82, 2.24) is 14.8 Å². The van der Waals surface area contributed by atoms with E-state index in [-0.39, 0.29) is 11.5 Å². The van der Waals surface area contributed by atoms with Crippen molar-refractivity contribution >= 4 is 5.91 Å². The SMILES string of the molecule is CN1CCC[C@H](CCNC(=O)c2cc3c(n(C)c2=O)CCCC3)C1. The number of pyridine rings is 1.